The van der Waals surface area contributed by atoms with E-state index >= 15 is 0 Å². The fraction of sp³-hybridized carbons (Fsp3) is 0.571. The van der Waals surface area contributed by atoms with E-state index in [1.165, 1.54) is 6.42 Å². The van der Waals surface area contributed by atoms with Crippen LogP contribution in [0.1, 0.15) is 26.2 Å². The molecule has 1 unspecified atom stereocenters. The van der Waals surface area contributed by atoms with Crippen molar-refractivity contribution in [2.75, 3.05) is 18.8 Å². The van der Waals surface area contributed by atoms with E-state index in [1.54, 1.807) is 23.3 Å². The van der Waals surface area contributed by atoms with Crippen LogP contribution in [0.5, 0.6) is 0 Å². The Balaban J connectivity index is 1.81. The third kappa shape index (κ3) is 2.88. The van der Waals surface area contributed by atoms with Gasteiger partial charge in [0.25, 0.3) is 15.9 Å². The molecule has 7 heteroatoms. The molecule has 3 rings (SSSR count). The molecule has 0 saturated carbocycles. The number of sulfonamides is 1. The molecule has 1 atom stereocenters. The van der Waals surface area contributed by atoms with Crippen LogP contribution in [0.3, 0.4) is 0 Å². The Labute approximate surface area is 124 Å². The molecule has 3 aliphatic heterocycles. The number of nitrogens with zero attached hydrogens (tertiary/aromatic N) is 3. The Morgan fingerprint density at radius 1 is 1.29 bits per heavy atom. The summed E-state index contributed by atoms with van der Waals surface area (Å²) in [4.78, 5) is 16.2. The molecule has 0 spiro atoms. The minimum Gasteiger partial charge on any atom is -0.336 e. The standard InChI is InChI=1S/C14H19N3O3S/c1-11-4-2-3-7-17(11)14(18)12-5-6-13-15-21(19,20)9-8-16(13)10-12/h5-6,10-11H,2-4,7-9H2,1H3. The van der Waals surface area contributed by atoms with Crippen LogP contribution < -0.4 is 0 Å². The van der Waals surface area contributed by atoms with Crippen molar-refractivity contribution in [1.82, 2.24) is 9.80 Å². The molecule has 0 radical (unpaired) electrons. The van der Waals surface area contributed by atoms with Gasteiger partial charge in [-0.15, -0.1) is 4.40 Å². The topological polar surface area (TPSA) is 70.1 Å². The zero-order valence-electron chi connectivity index (χ0n) is 12.0. The molecule has 0 aromatic heterocycles. The van der Waals surface area contributed by atoms with E-state index in [4.69, 9.17) is 0 Å². The van der Waals surface area contributed by atoms with Gasteiger partial charge in [-0.25, -0.2) is 8.42 Å². The number of carbonyl (C=O) groups is 1. The van der Waals surface area contributed by atoms with Crippen molar-refractivity contribution < 1.29 is 13.2 Å². The number of fused-ring (bicyclic) bond motifs is 1. The molecule has 1 saturated heterocycles. The smallest absolute Gasteiger partial charge is 0.256 e. The molecule has 1 fully saturated rings. The van der Waals surface area contributed by atoms with E-state index in [0.717, 1.165) is 19.4 Å². The lowest BCUT2D eigenvalue weighted by atomic mass is 10.0. The van der Waals surface area contributed by atoms with Crippen molar-refractivity contribution in [3.63, 3.8) is 0 Å². The Morgan fingerprint density at radius 2 is 2.10 bits per heavy atom. The molecule has 0 bridgehead atoms. The molecule has 1 amide bonds. The molecule has 3 aliphatic rings. The summed E-state index contributed by atoms with van der Waals surface area (Å²) in [6.07, 6.45) is 8.25. The maximum atomic E-state index is 12.6. The molecule has 0 aliphatic carbocycles. The van der Waals surface area contributed by atoms with Crippen LogP contribution in [0.2, 0.25) is 0 Å². The second-order valence-corrected chi connectivity index (χ2v) is 7.44. The van der Waals surface area contributed by atoms with Crippen LogP contribution in [-0.4, -0.2) is 54.8 Å². The summed E-state index contributed by atoms with van der Waals surface area (Å²) in [5.41, 5.74) is 0.599. The van der Waals surface area contributed by atoms with E-state index < -0.39 is 10.0 Å². The number of carbonyl (C=O) groups excluding carboxylic acids is 1. The highest BCUT2D eigenvalue weighted by Gasteiger charge is 2.29. The van der Waals surface area contributed by atoms with Gasteiger partial charge in [0.1, 0.15) is 5.84 Å². The largest absolute Gasteiger partial charge is 0.336 e. The molecule has 0 aromatic carbocycles. The van der Waals surface area contributed by atoms with Gasteiger partial charge in [0.05, 0.1) is 11.3 Å². The lowest BCUT2D eigenvalue weighted by Crippen LogP contribution is -2.44. The van der Waals surface area contributed by atoms with Crippen molar-refractivity contribution in [1.29, 1.82) is 0 Å². The second kappa shape index (κ2) is 5.29. The zero-order valence-corrected chi connectivity index (χ0v) is 12.8. The fourth-order valence-electron chi connectivity index (χ4n) is 2.89. The van der Waals surface area contributed by atoms with Gasteiger partial charge in [-0.3, -0.25) is 4.79 Å². The van der Waals surface area contributed by atoms with Gasteiger partial charge in [-0.2, -0.15) is 0 Å². The van der Waals surface area contributed by atoms with E-state index in [0.29, 0.717) is 18.0 Å². The van der Waals surface area contributed by atoms with E-state index in [-0.39, 0.29) is 17.7 Å². The molecular formula is C14H19N3O3S. The van der Waals surface area contributed by atoms with E-state index in [1.807, 2.05) is 4.90 Å². The number of hydrogen-bond donors (Lipinski definition) is 0. The number of likely N-dealkylation sites (tertiary alicyclic amines) is 1. The molecule has 21 heavy (non-hydrogen) atoms. The first-order chi connectivity index (χ1) is 9.96. The van der Waals surface area contributed by atoms with Gasteiger partial charge in [0.15, 0.2) is 0 Å². The van der Waals surface area contributed by atoms with Gasteiger partial charge >= 0.3 is 0 Å². The predicted molar refractivity (Wildman–Crippen MR) is 80.2 cm³/mol. The number of amides is 1. The Hall–Kier alpha value is -1.63. The van der Waals surface area contributed by atoms with Crippen LogP contribution >= 0.6 is 0 Å². The Kier molecular flexibility index (Phi) is 3.61. The molecular weight excluding hydrogens is 290 g/mol. The van der Waals surface area contributed by atoms with Gasteiger partial charge in [0.2, 0.25) is 0 Å². The van der Waals surface area contributed by atoms with Crippen molar-refractivity contribution in [3.8, 4) is 0 Å². The van der Waals surface area contributed by atoms with Crippen molar-refractivity contribution >= 4 is 21.8 Å². The van der Waals surface area contributed by atoms with Gasteiger partial charge in [-0.05, 0) is 38.3 Å². The molecule has 114 valence electrons. The number of piperidine rings is 1. The summed E-state index contributed by atoms with van der Waals surface area (Å²) in [5, 5.41) is 0. The summed E-state index contributed by atoms with van der Waals surface area (Å²) >= 11 is 0. The normalized spacial score (nSPS) is 27.8. The minimum absolute atomic E-state index is 0.0115. The Bertz CT molecular complexity index is 648. The fourth-order valence-corrected chi connectivity index (χ4v) is 3.86. The van der Waals surface area contributed by atoms with Crippen molar-refractivity contribution in [2.45, 2.75) is 32.2 Å². The van der Waals surface area contributed by atoms with Crippen LogP contribution in [0, 0.1) is 0 Å². The average molecular weight is 309 g/mol. The van der Waals surface area contributed by atoms with Crippen LogP contribution in [0.15, 0.2) is 28.3 Å². The minimum atomic E-state index is -3.35. The lowest BCUT2D eigenvalue weighted by molar-refractivity contribution is -0.129. The highest BCUT2D eigenvalue weighted by atomic mass is 32.2. The summed E-state index contributed by atoms with van der Waals surface area (Å²) in [7, 11) is -3.35. The maximum Gasteiger partial charge on any atom is 0.256 e. The van der Waals surface area contributed by atoms with Crippen LogP contribution in [-0.2, 0) is 14.8 Å². The van der Waals surface area contributed by atoms with Crippen molar-refractivity contribution in [3.05, 3.63) is 23.9 Å². The van der Waals surface area contributed by atoms with Gasteiger partial charge in [-0.1, -0.05) is 0 Å². The quantitative estimate of drug-likeness (QED) is 0.721. The summed E-state index contributed by atoms with van der Waals surface area (Å²) in [6.45, 7) is 3.21. The summed E-state index contributed by atoms with van der Waals surface area (Å²) in [6, 6.07) is 0.261. The highest BCUT2D eigenvalue weighted by Crippen LogP contribution is 2.22. The SMILES string of the molecule is CC1CCCCN1C(=O)C1=CN2CCS(=O)(=O)N=C2C=C1. The first kappa shape index (κ1) is 14.3. The molecule has 6 nitrogen and oxygen atoms in total. The molecule has 0 aromatic rings. The Morgan fingerprint density at radius 3 is 2.86 bits per heavy atom. The summed E-state index contributed by atoms with van der Waals surface area (Å²) in [5.74, 6) is 0.401. The van der Waals surface area contributed by atoms with Crippen molar-refractivity contribution in [2.24, 2.45) is 4.40 Å². The number of amidine groups is 1. The highest BCUT2D eigenvalue weighted by molar-refractivity contribution is 7.90. The third-order valence-corrected chi connectivity index (χ3v) is 5.30. The molecule has 0 N–H and O–H groups in total. The predicted octanol–water partition coefficient (Wildman–Crippen LogP) is 0.885. The maximum absolute atomic E-state index is 12.6. The third-order valence-electron chi connectivity index (χ3n) is 4.13. The number of hydrogen-bond acceptors (Lipinski definition) is 4. The van der Waals surface area contributed by atoms with E-state index in [2.05, 4.69) is 11.3 Å². The van der Waals surface area contributed by atoms with E-state index in [9.17, 15) is 13.2 Å². The number of rotatable bonds is 1. The van der Waals surface area contributed by atoms with Crippen LogP contribution in [0.4, 0.5) is 0 Å². The lowest BCUT2D eigenvalue weighted by Gasteiger charge is -2.35. The first-order valence-electron chi connectivity index (χ1n) is 7.26. The zero-order chi connectivity index (χ0) is 15.0. The second-order valence-electron chi connectivity index (χ2n) is 5.69. The molecule has 3 heterocycles. The first-order valence-corrected chi connectivity index (χ1v) is 8.87. The van der Waals surface area contributed by atoms with Crippen LogP contribution in [0.25, 0.3) is 0 Å². The monoisotopic (exact) mass is 309 g/mol. The van der Waals surface area contributed by atoms with Gasteiger partial charge in [0, 0.05) is 25.3 Å². The van der Waals surface area contributed by atoms with Gasteiger partial charge < -0.3 is 9.80 Å². The summed E-state index contributed by atoms with van der Waals surface area (Å²) < 4.78 is 26.7. The average Bonchev–Trinajstić information content (AvgIpc) is 2.46.